The number of thioether (sulfide) groups is 1. The van der Waals surface area contributed by atoms with Crippen molar-refractivity contribution in [3.05, 3.63) is 72.1 Å². The lowest BCUT2D eigenvalue weighted by Crippen LogP contribution is -2.28. The van der Waals surface area contributed by atoms with Gasteiger partial charge in [-0.1, -0.05) is 47.7 Å². The highest BCUT2D eigenvalue weighted by Gasteiger charge is 2.11. The van der Waals surface area contributed by atoms with E-state index < -0.39 is 0 Å². The highest BCUT2D eigenvalue weighted by Crippen LogP contribution is 2.19. The number of aromatic nitrogens is 3. The molecule has 2 aromatic heterocycles. The van der Waals surface area contributed by atoms with Crippen molar-refractivity contribution in [2.75, 3.05) is 5.75 Å². The smallest absolute Gasteiger partial charge is 0.230 e. The first kappa shape index (κ1) is 18.1. The number of aryl methyl sites for hydroxylation is 1. The summed E-state index contributed by atoms with van der Waals surface area (Å²) in [7, 11) is 0. The van der Waals surface area contributed by atoms with Crippen LogP contribution in [0.15, 0.2) is 66.1 Å². The maximum Gasteiger partial charge on any atom is 0.230 e. The Labute approximate surface area is 157 Å². The summed E-state index contributed by atoms with van der Waals surface area (Å²) < 4.78 is 0. The van der Waals surface area contributed by atoms with E-state index in [-0.39, 0.29) is 17.7 Å². The Balaban J connectivity index is 1.57. The first-order valence-corrected chi connectivity index (χ1v) is 9.33. The second-order valence-electron chi connectivity index (χ2n) is 5.93. The second kappa shape index (κ2) is 8.58. The summed E-state index contributed by atoms with van der Waals surface area (Å²) in [5.41, 5.74) is 3.82. The van der Waals surface area contributed by atoms with Gasteiger partial charge in [-0.15, -0.1) is 0 Å². The number of pyridine rings is 1. The van der Waals surface area contributed by atoms with E-state index in [2.05, 4.69) is 20.3 Å². The Kier molecular flexibility index (Phi) is 5.96. The zero-order valence-corrected chi connectivity index (χ0v) is 15.5. The van der Waals surface area contributed by atoms with Crippen molar-refractivity contribution in [2.24, 2.45) is 0 Å². The van der Waals surface area contributed by atoms with Crippen molar-refractivity contribution in [1.29, 1.82) is 0 Å². The Morgan fingerprint density at radius 1 is 1.04 bits per heavy atom. The number of rotatable bonds is 6. The van der Waals surface area contributed by atoms with E-state index in [9.17, 15) is 4.79 Å². The van der Waals surface area contributed by atoms with Crippen molar-refractivity contribution in [3.8, 4) is 11.4 Å². The van der Waals surface area contributed by atoms with Crippen LogP contribution >= 0.6 is 11.8 Å². The fraction of sp³-hybridized carbons (Fsp3) is 0.200. The predicted molar refractivity (Wildman–Crippen MR) is 104 cm³/mol. The van der Waals surface area contributed by atoms with E-state index in [1.54, 1.807) is 12.4 Å². The molecule has 3 rings (SSSR count). The molecule has 1 atom stereocenters. The van der Waals surface area contributed by atoms with E-state index in [0.29, 0.717) is 5.16 Å². The van der Waals surface area contributed by atoms with Gasteiger partial charge in [0, 0.05) is 12.4 Å². The summed E-state index contributed by atoms with van der Waals surface area (Å²) in [6, 6.07) is 15.6. The summed E-state index contributed by atoms with van der Waals surface area (Å²) in [6.45, 7) is 4.02. The standard InChI is InChI=1S/C20H20N4OS/c1-14-6-8-16(9-7-14)15(2)23-19(25)13-26-20-22-12-10-18(24-20)17-5-3-4-11-21-17/h3-12,15H,13H2,1-2H3,(H,23,25). The maximum atomic E-state index is 12.2. The third-order valence-corrected chi connectivity index (χ3v) is 4.71. The molecule has 0 aliphatic carbocycles. The van der Waals surface area contributed by atoms with E-state index in [1.807, 2.05) is 62.4 Å². The largest absolute Gasteiger partial charge is 0.349 e. The maximum absolute atomic E-state index is 12.2. The van der Waals surface area contributed by atoms with Crippen LogP contribution in [0.2, 0.25) is 0 Å². The summed E-state index contributed by atoms with van der Waals surface area (Å²) in [5.74, 6) is 0.219. The van der Waals surface area contributed by atoms with E-state index in [4.69, 9.17) is 0 Å². The molecular weight excluding hydrogens is 344 g/mol. The number of carbonyl (C=O) groups is 1. The Morgan fingerprint density at radius 3 is 2.58 bits per heavy atom. The number of hydrogen-bond acceptors (Lipinski definition) is 5. The molecule has 0 spiro atoms. The average molecular weight is 364 g/mol. The molecule has 0 saturated carbocycles. The first-order valence-electron chi connectivity index (χ1n) is 8.35. The van der Waals surface area contributed by atoms with E-state index >= 15 is 0 Å². The summed E-state index contributed by atoms with van der Waals surface area (Å²) in [6.07, 6.45) is 3.41. The van der Waals surface area contributed by atoms with Crippen LogP contribution in [0.5, 0.6) is 0 Å². The van der Waals surface area contributed by atoms with Crippen molar-refractivity contribution in [2.45, 2.75) is 25.0 Å². The first-order chi connectivity index (χ1) is 12.6. The molecule has 2 heterocycles. The molecule has 0 aliphatic heterocycles. The lowest BCUT2D eigenvalue weighted by Gasteiger charge is -2.14. The molecule has 0 aliphatic rings. The van der Waals surface area contributed by atoms with Crippen LogP contribution in [0.3, 0.4) is 0 Å². The number of carbonyl (C=O) groups excluding carboxylic acids is 1. The number of benzene rings is 1. The molecule has 132 valence electrons. The van der Waals surface area contributed by atoms with E-state index in [1.165, 1.54) is 17.3 Å². The molecule has 0 radical (unpaired) electrons. The van der Waals surface area contributed by atoms with Crippen LogP contribution in [0.25, 0.3) is 11.4 Å². The fourth-order valence-electron chi connectivity index (χ4n) is 2.42. The third-order valence-electron chi connectivity index (χ3n) is 3.85. The van der Waals surface area contributed by atoms with E-state index in [0.717, 1.165) is 17.0 Å². The van der Waals surface area contributed by atoms with Gasteiger partial charge in [0.25, 0.3) is 0 Å². The molecule has 0 bridgehead atoms. The van der Waals surface area contributed by atoms with Crippen molar-refractivity contribution >= 4 is 17.7 Å². The van der Waals surface area contributed by atoms with Gasteiger partial charge in [-0.3, -0.25) is 9.78 Å². The number of amides is 1. The minimum Gasteiger partial charge on any atom is -0.349 e. The van der Waals surface area contributed by atoms with Crippen molar-refractivity contribution < 1.29 is 4.79 Å². The molecule has 3 aromatic rings. The fourth-order valence-corrected chi connectivity index (χ4v) is 3.06. The van der Waals surface area contributed by atoms with Gasteiger partial charge in [0.15, 0.2) is 5.16 Å². The normalized spacial score (nSPS) is 11.8. The molecule has 1 N–H and O–H groups in total. The van der Waals surface area contributed by atoms with Gasteiger partial charge >= 0.3 is 0 Å². The number of hydrogen-bond donors (Lipinski definition) is 1. The van der Waals surface area contributed by atoms with Crippen molar-refractivity contribution in [3.63, 3.8) is 0 Å². The monoisotopic (exact) mass is 364 g/mol. The molecule has 5 nitrogen and oxygen atoms in total. The van der Waals surface area contributed by atoms with Crippen LogP contribution in [-0.4, -0.2) is 26.6 Å². The van der Waals surface area contributed by atoms with Gasteiger partial charge in [-0.25, -0.2) is 9.97 Å². The zero-order chi connectivity index (χ0) is 18.4. The van der Waals surface area contributed by atoms with Crippen LogP contribution in [0.4, 0.5) is 0 Å². The van der Waals surface area contributed by atoms with Gasteiger partial charge in [-0.2, -0.15) is 0 Å². The Bertz CT molecular complexity index is 868. The van der Waals surface area contributed by atoms with Gasteiger partial charge in [0.2, 0.25) is 5.91 Å². The lowest BCUT2D eigenvalue weighted by molar-refractivity contribution is -0.119. The van der Waals surface area contributed by atoms with Crippen LogP contribution in [0.1, 0.15) is 24.1 Å². The number of nitrogens with one attached hydrogen (secondary N) is 1. The van der Waals surface area contributed by atoms with Gasteiger partial charge in [0.05, 0.1) is 23.2 Å². The topological polar surface area (TPSA) is 67.8 Å². The average Bonchev–Trinajstić information content (AvgIpc) is 2.68. The van der Waals surface area contributed by atoms with Crippen molar-refractivity contribution in [1.82, 2.24) is 20.3 Å². The van der Waals surface area contributed by atoms with Crippen LogP contribution < -0.4 is 5.32 Å². The van der Waals surface area contributed by atoms with Gasteiger partial charge < -0.3 is 5.32 Å². The van der Waals surface area contributed by atoms with Crippen LogP contribution in [-0.2, 0) is 4.79 Å². The minimum atomic E-state index is -0.0464. The zero-order valence-electron chi connectivity index (χ0n) is 14.7. The molecule has 1 amide bonds. The second-order valence-corrected chi connectivity index (χ2v) is 6.87. The summed E-state index contributed by atoms with van der Waals surface area (Å²) >= 11 is 1.31. The molecule has 6 heteroatoms. The van der Waals surface area contributed by atoms with Gasteiger partial charge in [-0.05, 0) is 37.6 Å². The Morgan fingerprint density at radius 2 is 1.85 bits per heavy atom. The quantitative estimate of drug-likeness (QED) is 0.532. The molecule has 0 fully saturated rings. The highest BCUT2D eigenvalue weighted by molar-refractivity contribution is 7.99. The Hall–Kier alpha value is -2.73. The SMILES string of the molecule is Cc1ccc(C(C)NC(=O)CSc2nccc(-c3ccccn3)n2)cc1. The highest BCUT2D eigenvalue weighted by atomic mass is 32.2. The lowest BCUT2D eigenvalue weighted by atomic mass is 10.1. The molecule has 1 unspecified atom stereocenters. The third kappa shape index (κ3) is 4.89. The van der Waals surface area contributed by atoms with Crippen LogP contribution in [0, 0.1) is 6.92 Å². The number of nitrogens with zero attached hydrogens (tertiary/aromatic N) is 3. The minimum absolute atomic E-state index is 0.0375. The van der Waals surface area contributed by atoms with Gasteiger partial charge in [0.1, 0.15) is 0 Å². The molecular formula is C20H20N4OS. The molecule has 26 heavy (non-hydrogen) atoms. The summed E-state index contributed by atoms with van der Waals surface area (Å²) in [5, 5.41) is 3.57. The molecule has 0 saturated heterocycles. The molecule has 1 aromatic carbocycles. The predicted octanol–water partition coefficient (Wildman–Crippen LogP) is 3.82. The summed E-state index contributed by atoms with van der Waals surface area (Å²) in [4.78, 5) is 25.2.